The van der Waals surface area contributed by atoms with Crippen LogP contribution >= 0.6 is 46.1 Å². The number of thiazole rings is 1. The molecule has 0 bridgehead atoms. The summed E-state index contributed by atoms with van der Waals surface area (Å²) >= 11 is 19.7. The number of hydrogen-bond donors (Lipinski definition) is 0. The van der Waals surface area contributed by atoms with E-state index in [4.69, 9.17) is 39.5 Å². The van der Waals surface area contributed by atoms with Crippen molar-refractivity contribution in [1.29, 1.82) is 0 Å². The topological polar surface area (TPSA) is 60.7 Å². The predicted molar refractivity (Wildman–Crippen MR) is 103 cm³/mol. The average Bonchev–Trinajstić information content (AvgIpc) is 2.96. The second kappa shape index (κ2) is 7.80. The number of esters is 1. The van der Waals surface area contributed by atoms with E-state index in [1.807, 2.05) is 0 Å². The Bertz CT molecular complexity index is 1090. The van der Waals surface area contributed by atoms with Crippen LogP contribution in [0.5, 0.6) is 0 Å². The fraction of sp³-hybridized carbons (Fsp3) is 0.118. The third kappa shape index (κ3) is 3.64. The Morgan fingerprint density at radius 2 is 1.85 bits per heavy atom. The van der Waals surface area contributed by atoms with Crippen molar-refractivity contribution in [2.75, 3.05) is 7.11 Å². The number of amides is 1. The number of ether oxygens (including phenoxy) is 1. The molecule has 0 N–H and O–H groups in total. The highest BCUT2D eigenvalue weighted by molar-refractivity contribution is 7.16. The van der Waals surface area contributed by atoms with Crippen LogP contribution in [0, 0.1) is 0 Å². The van der Waals surface area contributed by atoms with E-state index in [0.717, 1.165) is 4.70 Å². The van der Waals surface area contributed by atoms with Crippen LogP contribution in [0.2, 0.25) is 15.1 Å². The summed E-state index contributed by atoms with van der Waals surface area (Å²) in [7, 11) is 1.28. The van der Waals surface area contributed by atoms with Gasteiger partial charge in [0.25, 0.3) is 5.91 Å². The highest BCUT2D eigenvalue weighted by atomic mass is 35.5. The van der Waals surface area contributed by atoms with Crippen LogP contribution in [0.1, 0.15) is 10.4 Å². The Hall–Kier alpha value is -1.86. The Balaban J connectivity index is 2.23. The Morgan fingerprint density at radius 1 is 1.12 bits per heavy atom. The lowest BCUT2D eigenvalue weighted by Crippen LogP contribution is -2.22. The van der Waals surface area contributed by atoms with Gasteiger partial charge in [-0.1, -0.05) is 58.3 Å². The molecule has 1 aromatic heterocycles. The van der Waals surface area contributed by atoms with E-state index in [9.17, 15) is 9.59 Å². The van der Waals surface area contributed by atoms with Gasteiger partial charge in [0.05, 0.1) is 38.0 Å². The van der Waals surface area contributed by atoms with Crippen LogP contribution in [0.3, 0.4) is 0 Å². The van der Waals surface area contributed by atoms with Crippen LogP contribution in [-0.2, 0) is 16.1 Å². The zero-order valence-corrected chi connectivity index (χ0v) is 16.4. The highest BCUT2D eigenvalue weighted by Crippen LogP contribution is 2.32. The summed E-state index contributed by atoms with van der Waals surface area (Å²) in [6.45, 7) is -0.162. The normalized spacial score (nSPS) is 11.8. The summed E-state index contributed by atoms with van der Waals surface area (Å²) in [5.74, 6) is -1.03. The van der Waals surface area contributed by atoms with Crippen molar-refractivity contribution < 1.29 is 14.3 Å². The lowest BCUT2D eigenvalue weighted by Gasteiger charge is -2.06. The number of benzene rings is 2. The van der Waals surface area contributed by atoms with Gasteiger partial charge in [-0.05, 0) is 24.3 Å². The van der Waals surface area contributed by atoms with E-state index < -0.39 is 11.9 Å². The molecule has 1 heterocycles. The van der Waals surface area contributed by atoms with Gasteiger partial charge < -0.3 is 9.30 Å². The van der Waals surface area contributed by atoms with Gasteiger partial charge in [0, 0.05) is 0 Å². The third-order valence-corrected chi connectivity index (χ3v) is 5.72. The van der Waals surface area contributed by atoms with Crippen molar-refractivity contribution in [2.45, 2.75) is 6.54 Å². The molecule has 0 saturated heterocycles. The molecule has 0 spiro atoms. The quantitative estimate of drug-likeness (QED) is 0.573. The fourth-order valence-electron chi connectivity index (χ4n) is 2.31. The molecule has 3 aromatic rings. The number of carbonyl (C=O) groups excluding carboxylic acids is 2. The first kappa shape index (κ1) is 18.9. The number of hydrogen-bond acceptors (Lipinski definition) is 4. The lowest BCUT2D eigenvalue weighted by molar-refractivity contribution is -0.141. The van der Waals surface area contributed by atoms with Crippen molar-refractivity contribution >= 4 is 68.2 Å². The van der Waals surface area contributed by atoms with E-state index >= 15 is 0 Å². The van der Waals surface area contributed by atoms with E-state index in [1.165, 1.54) is 23.0 Å². The largest absolute Gasteiger partial charge is 0.468 e. The fourth-order valence-corrected chi connectivity index (χ4v) is 4.04. The molecule has 0 fully saturated rings. The maximum atomic E-state index is 12.5. The second-order valence-electron chi connectivity index (χ2n) is 5.15. The van der Waals surface area contributed by atoms with Crippen molar-refractivity contribution in [3.05, 3.63) is 61.8 Å². The van der Waals surface area contributed by atoms with Crippen LogP contribution in [-0.4, -0.2) is 23.6 Å². The number of rotatable bonds is 3. The second-order valence-corrected chi connectivity index (χ2v) is 7.35. The van der Waals surface area contributed by atoms with Crippen LogP contribution in [0.25, 0.3) is 10.2 Å². The molecule has 2 aromatic carbocycles. The minimum absolute atomic E-state index is 0.162. The van der Waals surface area contributed by atoms with Crippen molar-refractivity contribution in [3.63, 3.8) is 0 Å². The Kier molecular flexibility index (Phi) is 5.67. The molecular formula is C17H11Cl3N2O3S. The van der Waals surface area contributed by atoms with Gasteiger partial charge in [0.2, 0.25) is 0 Å². The molecule has 0 unspecified atom stereocenters. The number of aromatic nitrogens is 1. The third-order valence-electron chi connectivity index (χ3n) is 3.55. The number of methoxy groups -OCH3 is 1. The zero-order chi connectivity index (χ0) is 18.8. The van der Waals surface area contributed by atoms with Gasteiger partial charge in [0.15, 0.2) is 4.80 Å². The maximum Gasteiger partial charge on any atom is 0.325 e. The summed E-state index contributed by atoms with van der Waals surface area (Å²) in [5, 5.41) is 0.901. The van der Waals surface area contributed by atoms with Crippen LogP contribution in [0.4, 0.5) is 0 Å². The van der Waals surface area contributed by atoms with E-state index in [-0.39, 0.29) is 17.1 Å². The van der Waals surface area contributed by atoms with Gasteiger partial charge in [-0.2, -0.15) is 4.99 Å². The molecule has 9 heteroatoms. The SMILES string of the molecule is COC(=O)Cn1c(=NC(=O)c2ccccc2Cl)sc2ccc(Cl)c(Cl)c21. The molecule has 3 rings (SSSR count). The molecule has 0 aliphatic heterocycles. The van der Waals surface area contributed by atoms with Gasteiger partial charge >= 0.3 is 5.97 Å². The molecule has 0 radical (unpaired) electrons. The smallest absolute Gasteiger partial charge is 0.325 e. The van der Waals surface area contributed by atoms with Gasteiger partial charge in [-0.25, -0.2) is 0 Å². The highest BCUT2D eigenvalue weighted by Gasteiger charge is 2.17. The summed E-state index contributed by atoms with van der Waals surface area (Å²) in [5.41, 5.74) is 0.778. The summed E-state index contributed by atoms with van der Waals surface area (Å²) in [4.78, 5) is 28.8. The molecule has 0 aliphatic rings. The minimum Gasteiger partial charge on any atom is -0.468 e. The summed E-state index contributed by atoms with van der Waals surface area (Å²) in [6.07, 6.45) is 0. The van der Waals surface area contributed by atoms with E-state index in [2.05, 4.69) is 4.99 Å². The molecular weight excluding hydrogens is 419 g/mol. The predicted octanol–water partition coefficient (Wildman–Crippen LogP) is 4.58. The number of fused-ring (bicyclic) bond motifs is 1. The average molecular weight is 430 g/mol. The first-order chi connectivity index (χ1) is 12.4. The molecule has 26 heavy (non-hydrogen) atoms. The van der Waals surface area contributed by atoms with Crippen LogP contribution in [0.15, 0.2) is 41.4 Å². The maximum absolute atomic E-state index is 12.5. The first-order valence-electron chi connectivity index (χ1n) is 7.30. The number of nitrogens with zero attached hydrogens (tertiary/aromatic N) is 2. The van der Waals surface area contributed by atoms with E-state index in [0.29, 0.717) is 20.4 Å². The molecule has 0 saturated carbocycles. The van der Waals surface area contributed by atoms with Crippen molar-refractivity contribution in [1.82, 2.24) is 4.57 Å². The summed E-state index contributed by atoms with van der Waals surface area (Å²) < 4.78 is 6.97. The molecule has 0 aliphatic carbocycles. The van der Waals surface area contributed by atoms with Crippen molar-refractivity contribution in [3.8, 4) is 0 Å². The lowest BCUT2D eigenvalue weighted by atomic mass is 10.2. The Morgan fingerprint density at radius 3 is 2.54 bits per heavy atom. The van der Waals surface area contributed by atoms with E-state index in [1.54, 1.807) is 36.4 Å². The number of carbonyl (C=O) groups is 2. The molecule has 5 nitrogen and oxygen atoms in total. The monoisotopic (exact) mass is 428 g/mol. The number of halogens is 3. The Labute approximate surface area is 167 Å². The van der Waals surface area contributed by atoms with Gasteiger partial charge in [-0.3, -0.25) is 9.59 Å². The van der Waals surface area contributed by atoms with Gasteiger partial charge in [-0.15, -0.1) is 0 Å². The van der Waals surface area contributed by atoms with Gasteiger partial charge in [0.1, 0.15) is 6.54 Å². The summed E-state index contributed by atoms with van der Waals surface area (Å²) in [6, 6.07) is 9.99. The first-order valence-corrected chi connectivity index (χ1v) is 9.25. The molecule has 0 atom stereocenters. The minimum atomic E-state index is -0.525. The van der Waals surface area contributed by atoms with Crippen molar-refractivity contribution in [2.24, 2.45) is 4.99 Å². The molecule has 1 amide bonds. The molecule has 134 valence electrons. The van der Waals surface area contributed by atoms with Crippen LogP contribution < -0.4 is 4.80 Å². The standard InChI is InChI=1S/C17H11Cl3N2O3S/c1-25-13(23)8-22-15-12(7-6-11(19)14(15)20)26-17(22)21-16(24)9-4-2-3-5-10(9)18/h2-7H,8H2,1H3. The zero-order valence-electron chi connectivity index (χ0n) is 13.3.